The van der Waals surface area contributed by atoms with Gasteiger partial charge in [0.25, 0.3) is 5.91 Å². The van der Waals surface area contributed by atoms with E-state index in [1.807, 2.05) is 36.7 Å². The molecule has 230 valence electrons. The van der Waals surface area contributed by atoms with Gasteiger partial charge in [0.2, 0.25) is 5.95 Å². The largest absolute Gasteiger partial charge is 0.494 e. The quantitative estimate of drug-likeness (QED) is 0.130. The summed E-state index contributed by atoms with van der Waals surface area (Å²) in [5, 5.41) is 11.5. The second-order valence-electron chi connectivity index (χ2n) is 11.1. The molecular weight excluding hydrogens is 538 g/mol. The molecule has 2 aromatic carbocycles. The van der Waals surface area contributed by atoms with Gasteiger partial charge in [-0.2, -0.15) is 0 Å². The first-order chi connectivity index (χ1) is 21.1. The molecule has 2 heterocycles. The first-order valence-electron chi connectivity index (χ1n) is 15.8. The number of anilines is 1. The number of hydrogen-bond acceptors (Lipinski definition) is 6. The molecule has 0 saturated heterocycles. The second kappa shape index (κ2) is 17.1. The highest BCUT2D eigenvalue weighted by atomic mass is 16.5. The van der Waals surface area contributed by atoms with Crippen molar-refractivity contribution >= 4 is 11.9 Å². The summed E-state index contributed by atoms with van der Waals surface area (Å²) in [6.07, 6.45) is 14.5. The van der Waals surface area contributed by atoms with Crippen LogP contribution in [-0.2, 0) is 32.4 Å². The molecule has 0 atom stereocenters. The molecule has 4 aromatic rings. The predicted octanol–water partition coefficient (Wildman–Crippen LogP) is 6.01. The van der Waals surface area contributed by atoms with Crippen LogP contribution in [0.4, 0.5) is 5.95 Å². The molecule has 0 aliphatic rings. The van der Waals surface area contributed by atoms with Crippen molar-refractivity contribution in [2.24, 2.45) is 0 Å². The van der Waals surface area contributed by atoms with E-state index in [-0.39, 0.29) is 5.91 Å². The monoisotopic (exact) mass is 585 g/mol. The third-order valence-electron chi connectivity index (χ3n) is 7.57. The molecule has 0 aliphatic heterocycles. The molecular formula is C34H47N7O2. The Morgan fingerprint density at radius 3 is 2.40 bits per heavy atom. The standard InChI is InChI=1S/C34H47N7O2/c1-3-5-7-10-27-13-17-29(18-14-27)33(42)36-21-22-40-26-30(38-39-40)11-8-6-9-12-31-24-37-34(35)41(31)25-28-15-19-32(20-16-28)43-23-4-2/h13-20,24,26H,3-12,21-23,25H2,1-2H3,(H2,35,37)(H,36,42). The van der Waals surface area contributed by atoms with E-state index >= 15 is 0 Å². The van der Waals surface area contributed by atoms with Crippen LogP contribution in [0.2, 0.25) is 0 Å². The Morgan fingerprint density at radius 1 is 0.884 bits per heavy atom. The van der Waals surface area contributed by atoms with Crippen LogP contribution in [-0.4, -0.2) is 43.6 Å². The molecule has 0 bridgehead atoms. The SMILES string of the molecule is CCCCCc1ccc(C(=O)NCCn2cc(CCCCCc3cnc(N)n3Cc3ccc(OCCC)cc3)nn2)cc1. The minimum atomic E-state index is -0.0570. The number of imidazole rings is 1. The molecule has 43 heavy (non-hydrogen) atoms. The number of amides is 1. The first-order valence-corrected chi connectivity index (χ1v) is 15.8. The Labute approximate surface area is 255 Å². The number of nitrogens with two attached hydrogens (primary N) is 1. The molecule has 4 rings (SSSR count). The summed E-state index contributed by atoms with van der Waals surface area (Å²) < 4.78 is 9.58. The lowest BCUT2D eigenvalue weighted by atomic mass is 10.1. The molecule has 9 heteroatoms. The molecule has 0 saturated carbocycles. The van der Waals surface area contributed by atoms with Crippen LogP contribution in [0.1, 0.15) is 91.7 Å². The summed E-state index contributed by atoms with van der Waals surface area (Å²) in [4.78, 5) is 16.9. The number of nitrogens with one attached hydrogen (secondary N) is 1. The Hall–Kier alpha value is -4.14. The van der Waals surface area contributed by atoms with Gasteiger partial charge in [0.1, 0.15) is 5.75 Å². The third kappa shape index (κ3) is 10.3. The van der Waals surface area contributed by atoms with E-state index in [4.69, 9.17) is 10.5 Å². The number of aromatic nitrogens is 5. The van der Waals surface area contributed by atoms with E-state index in [1.54, 1.807) is 4.68 Å². The summed E-state index contributed by atoms with van der Waals surface area (Å²) in [5.41, 5.74) is 11.5. The zero-order valence-electron chi connectivity index (χ0n) is 25.8. The maximum Gasteiger partial charge on any atom is 0.251 e. The number of aryl methyl sites for hydroxylation is 3. The van der Waals surface area contributed by atoms with Gasteiger partial charge in [0.05, 0.1) is 31.6 Å². The lowest BCUT2D eigenvalue weighted by Gasteiger charge is -2.11. The van der Waals surface area contributed by atoms with Crippen molar-refractivity contribution in [3.05, 3.63) is 89.0 Å². The lowest BCUT2D eigenvalue weighted by molar-refractivity contribution is 0.0952. The fourth-order valence-corrected chi connectivity index (χ4v) is 5.04. The molecule has 1 amide bonds. The maximum atomic E-state index is 12.5. The van der Waals surface area contributed by atoms with Crippen molar-refractivity contribution in [1.82, 2.24) is 29.9 Å². The molecule has 9 nitrogen and oxygen atoms in total. The number of carbonyl (C=O) groups excluding carboxylic acids is 1. The van der Waals surface area contributed by atoms with Crippen LogP contribution in [0.5, 0.6) is 5.75 Å². The minimum Gasteiger partial charge on any atom is -0.494 e. The first kappa shape index (κ1) is 31.8. The average molecular weight is 586 g/mol. The number of carbonyl (C=O) groups is 1. The van der Waals surface area contributed by atoms with E-state index in [0.717, 1.165) is 68.7 Å². The topological polar surface area (TPSA) is 113 Å². The van der Waals surface area contributed by atoms with Crippen LogP contribution in [0.3, 0.4) is 0 Å². The molecule has 0 unspecified atom stereocenters. The smallest absolute Gasteiger partial charge is 0.251 e. The molecule has 0 spiro atoms. The summed E-state index contributed by atoms with van der Waals surface area (Å²) in [6, 6.07) is 16.1. The zero-order chi connectivity index (χ0) is 30.3. The van der Waals surface area contributed by atoms with Gasteiger partial charge in [-0.25, -0.2) is 4.98 Å². The number of hydrogen-bond donors (Lipinski definition) is 2. The van der Waals surface area contributed by atoms with Crippen molar-refractivity contribution in [3.8, 4) is 5.75 Å². The number of nitrogens with zero attached hydrogens (tertiary/aromatic N) is 5. The highest BCUT2D eigenvalue weighted by Crippen LogP contribution is 2.18. The summed E-state index contributed by atoms with van der Waals surface area (Å²) >= 11 is 0. The fraction of sp³-hybridized carbons (Fsp3) is 0.471. The Balaban J connectivity index is 1.13. The van der Waals surface area contributed by atoms with Crippen molar-refractivity contribution in [3.63, 3.8) is 0 Å². The van der Waals surface area contributed by atoms with E-state index in [9.17, 15) is 4.79 Å². The fourth-order valence-electron chi connectivity index (χ4n) is 5.04. The van der Waals surface area contributed by atoms with Crippen LogP contribution < -0.4 is 15.8 Å². The van der Waals surface area contributed by atoms with Crippen molar-refractivity contribution in [2.45, 2.75) is 91.1 Å². The van der Waals surface area contributed by atoms with Crippen LogP contribution >= 0.6 is 0 Å². The normalized spacial score (nSPS) is 11.1. The van der Waals surface area contributed by atoms with Crippen molar-refractivity contribution < 1.29 is 9.53 Å². The Morgan fingerprint density at radius 2 is 1.63 bits per heavy atom. The molecule has 3 N–H and O–H groups in total. The lowest BCUT2D eigenvalue weighted by Crippen LogP contribution is -2.27. The van der Waals surface area contributed by atoms with Crippen LogP contribution in [0, 0.1) is 0 Å². The van der Waals surface area contributed by atoms with Gasteiger partial charge in [-0.05, 0) is 80.3 Å². The number of nitrogen functional groups attached to an aromatic ring is 1. The van der Waals surface area contributed by atoms with E-state index < -0.39 is 0 Å². The van der Waals surface area contributed by atoms with E-state index in [0.29, 0.717) is 31.1 Å². The van der Waals surface area contributed by atoms with Gasteiger partial charge >= 0.3 is 0 Å². The Kier molecular flexibility index (Phi) is 12.6. The second-order valence-corrected chi connectivity index (χ2v) is 11.1. The summed E-state index contributed by atoms with van der Waals surface area (Å²) in [7, 11) is 0. The number of ether oxygens (including phenoxy) is 1. The van der Waals surface area contributed by atoms with E-state index in [1.165, 1.54) is 30.4 Å². The number of unbranched alkanes of at least 4 members (excludes halogenated alkanes) is 4. The molecule has 0 radical (unpaired) electrons. The van der Waals surface area contributed by atoms with Crippen LogP contribution in [0.15, 0.2) is 60.9 Å². The number of benzene rings is 2. The van der Waals surface area contributed by atoms with Gasteiger partial charge in [-0.15, -0.1) is 5.10 Å². The third-order valence-corrected chi connectivity index (χ3v) is 7.57. The zero-order valence-corrected chi connectivity index (χ0v) is 25.8. The summed E-state index contributed by atoms with van der Waals surface area (Å²) in [5.74, 6) is 1.38. The van der Waals surface area contributed by atoms with Crippen molar-refractivity contribution in [2.75, 3.05) is 18.9 Å². The Bertz CT molecular complexity index is 1380. The number of rotatable bonds is 19. The average Bonchev–Trinajstić information content (AvgIpc) is 3.62. The molecule has 0 fully saturated rings. The van der Waals surface area contributed by atoms with Gasteiger partial charge in [-0.3, -0.25) is 9.48 Å². The van der Waals surface area contributed by atoms with Gasteiger partial charge < -0.3 is 20.4 Å². The molecule has 2 aromatic heterocycles. The van der Waals surface area contributed by atoms with Crippen molar-refractivity contribution in [1.29, 1.82) is 0 Å². The summed E-state index contributed by atoms with van der Waals surface area (Å²) in [6.45, 7) is 6.83. The maximum absolute atomic E-state index is 12.5. The predicted molar refractivity (Wildman–Crippen MR) is 171 cm³/mol. The van der Waals surface area contributed by atoms with E-state index in [2.05, 4.69) is 63.3 Å². The molecule has 0 aliphatic carbocycles. The van der Waals surface area contributed by atoms with Gasteiger partial charge in [0.15, 0.2) is 0 Å². The minimum absolute atomic E-state index is 0.0570. The van der Waals surface area contributed by atoms with Crippen LogP contribution in [0.25, 0.3) is 0 Å². The highest BCUT2D eigenvalue weighted by Gasteiger charge is 2.10. The highest BCUT2D eigenvalue weighted by molar-refractivity contribution is 5.94. The van der Waals surface area contributed by atoms with Gasteiger partial charge in [-0.1, -0.05) is 62.6 Å². The van der Waals surface area contributed by atoms with Gasteiger partial charge in [0, 0.05) is 24.0 Å².